The van der Waals surface area contributed by atoms with Gasteiger partial charge in [0.05, 0.1) is 16.6 Å². The zero-order valence-electron chi connectivity index (χ0n) is 11.3. The Morgan fingerprint density at radius 2 is 2.10 bits per heavy atom. The Balaban J connectivity index is 2.05. The van der Waals surface area contributed by atoms with E-state index in [4.69, 9.17) is 22.7 Å². The first-order chi connectivity index (χ1) is 9.52. The molecular weight excluding hydrogens is 340 g/mol. The minimum atomic E-state index is 0.0368. The van der Waals surface area contributed by atoms with E-state index in [1.165, 1.54) is 0 Å². The molecule has 1 aliphatic rings. The van der Waals surface area contributed by atoms with Crippen LogP contribution in [0.4, 0.5) is 0 Å². The molecule has 0 aromatic heterocycles. The summed E-state index contributed by atoms with van der Waals surface area (Å²) in [6, 6.07) is 5.37. The summed E-state index contributed by atoms with van der Waals surface area (Å²) in [4.78, 5) is 14.8. The third-order valence-corrected chi connectivity index (χ3v) is 4.54. The number of piperidine rings is 1. The highest BCUT2D eigenvalue weighted by molar-refractivity contribution is 9.10. The van der Waals surface area contributed by atoms with Crippen molar-refractivity contribution in [3.63, 3.8) is 0 Å². The SMILES string of the molecule is COc1ccc(C(=O)N2CCC(C(N)=S)CC2)cc1Br. The van der Waals surface area contributed by atoms with Crippen LogP contribution < -0.4 is 10.5 Å². The summed E-state index contributed by atoms with van der Waals surface area (Å²) in [6.45, 7) is 1.40. The fourth-order valence-corrected chi connectivity index (χ4v) is 3.13. The van der Waals surface area contributed by atoms with E-state index in [2.05, 4.69) is 15.9 Å². The number of ether oxygens (including phenoxy) is 1. The molecule has 0 unspecified atom stereocenters. The molecule has 0 aliphatic carbocycles. The van der Waals surface area contributed by atoms with Gasteiger partial charge in [0.25, 0.3) is 5.91 Å². The Morgan fingerprint density at radius 3 is 2.60 bits per heavy atom. The van der Waals surface area contributed by atoms with Crippen molar-refractivity contribution < 1.29 is 9.53 Å². The molecule has 0 radical (unpaired) electrons. The first-order valence-electron chi connectivity index (χ1n) is 6.45. The van der Waals surface area contributed by atoms with Crippen molar-refractivity contribution in [2.75, 3.05) is 20.2 Å². The Bertz CT molecular complexity index is 528. The van der Waals surface area contributed by atoms with Gasteiger partial charge < -0.3 is 15.4 Å². The number of benzene rings is 1. The van der Waals surface area contributed by atoms with Crippen LogP contribution in [0.25, 0.3) is 0 Å². The predicted octanol–water partition coefficient (Wildman–Crippen LogP) is 2.60. The number of thiocarbonyl (C=S) groups is 1. The molecule has 0 spiro atoms. The summed E-state index contributed by atoms with van der Waals surface area (Å²) in [5.74, 6) is 1.01. The molecule has 1 aliphatic heterocycles. The average molecular weight is 357 g/mol. The maximum atomic E-state index is 12.4. The molecule has 2 N–H and O–H groups in total. The van der Waals surface area contributed by atoms with Crippen LogP contribution in [0.2, 0.25) is 0 Å². The van der Waals surface area contributed by atoms with Gasteiger partial charge in [-0.05, 0) is 47.0 Å². The van der Waals surface area contributed by atoms with Gasteiger partial charge in [0.15, 0.2) is 0 Å². The molecule has 2 rings (SSSR count). The number of hydrogen-bond donors (Lipinski definition) is 1. The van der Waals surface area contributed by atoms with Crippen molar-refractivity contribution in [2.24, 2.45) is 11.7 Å². The van der Waals surface area contributed by atoms with Gasteiger partial charge in [-0.1, -0.05) is 12.2 Å². The number of amides is 1. The summed E-state index contributed by atoms with van der Waals surface area (Å²) < 4.78 is 5.95. The largest absolute Gasteiger partial charge is 0.496 e. The van der Waals surface area contributed by atoms with E-state index in [0.717, 1.165) is 17.3 Å². The fourth-order valence-electron chi connectivity index (χ4n) is 2.35. The molecule has 1 heterocycles. The highest BCUT2D eigenvalue weighted by atomic mass is 79.9. The molecule has 6 heteroatoms. The second-order valence-corrected chi connectivity index (χ2v) is 6.14. The van der Waals surface area contributed by atoms with Gasteiger partial charge in [0, 0.05) is 24.6 Å². The molecule has 20 heavy (non-hydrogen) atoms. The van der Waals surface area contributed by atoms with Crippen molar-refractivity contribution in [3.8, 4) is 5.75 Å². The zero-order valence-corrected chi connectivity index (χ0v) is 13.7. The maximum absolute atomic E-state index is 12.4. The van der Waals surface area contributed by atoms with Gasteiger partial charge in [-0.3, -0.25) is 4.79 Å². The minimum absolute atomic E-state index is 0.0368. The number of hydrogen-bond acceptors (Lipinski definition) is 3. The number of carbonyl (C=O) groups is 1. The van der Waals surface area contributed by atoms with E-state index in [1.807, 2.05) is 4.90 Å². The Morgan fingerprint density at radius 1 is 1.45 bits per heavy atom. The van der Waals surface area contributed by atoms with Gasteiger partial charge in [0.2, 0.25) is 0 Å². The molecule has 1 amide bonds. The highest BCUT2D eigenvalue weighted by Gasteiger charge is 2.25. The van der Waals surface area contributed by atoms with Crippen molar-refractivity contribution in [1.82, 2.24) is 4.90 Å². The van der Waals surface area contributed by atoms with Crippen LogP contribution in [0, 0.1) is 5.92 Å². The third-order valence-electron chi connectivity index (χ3n) is 3.58. The van der Waals surface area contributed by atoms with Crippen LogP contribution in [0.3, 0.4) is 0 Å². The third kappa shape index (κ3) is 3.30. The first-order valence-corrected chi connectivity index (χ1v) is 7.65. The molecule has 0 atom stereocenters. The van der Waals surface area contributed by atoms with E-state index < -0.39 is 0 Å². The first kappa shape index (κ1) is 15.3. The lowest BCUT2D eigenvalue weighted by atomic mass is 9.96. The Kier molecular flexibility index (Phi) is 4.99. The van der Waals surface area contributed by atoms with Gasteiger partial charge >= 0.3 is 0 Å². The van der Waals surface area contributed by atoms with Gasteiger partial charge in [-0.25, -0.2) is 0 Å². The van der Waals surface area contributed by atoms with Crippen LogP contribution in [0.5, 0.6) is 5.75 Å². The van der Waals surface area contributed by atoms with Crippen LogP contribution >= 0.6 is 28.1 Å². The van der Waals surface area contributed by atoms with E-state index in [-0.39, 0.29) is 11.8 Å². The maximum Gasteiger partial charge on any atom is 0.253 e. The lowest BCUT2D eigenvalue weighted by molar-refractivity contribution is 0.0710. The van der Waals surface area contributed by atoms with Crippen LogP contribution in [0.1, 0.15) is 23.2 Å². The van der Waals surface area contributed by atoms with E-state index in [9.17, 15) is 4.79 Å². The summed E-state index contributed by atoms with van der Waals surface area (Å²) in [5.41, 5.74) is 6.32. The monoisotopic (exact) mass is 356 g/mol. The number of likely N-dealkylation sites (tertiary alicyclic amines) is 1. The van der Waals surface area contributed by atoms with E-state index in [0.29, 0.717) is 29.4 Å². The molecule has 0 saturated carbocycles. The van der Waals surface area contributed by atoms with Crippen molar-refractivity contribution in [2.45, 2.75) is 12.8 Å². The van der Waals surface area contributed by atoms with Crippen molar-refractivity contribution in [1.29, 1.82) is 0 Å². The number of rotatable bonds is 3. The molecule has 1 saturated heterocycles. The fraction of sp³-hybridized carbons (Fsp3) is 0.429. The number of nitrogens with two attached hydrogens (primary N) is 1. The zero-order chi connectivity index (χ0) is 14.7. The van der Waals surface area contributed by atoms with Crippen molar-refractivity contribution >= 4 is 39.0 Å². The van der Waals surface area contributed by atoms with Crippen LogP contribution in [0.15, 0.2) is 22.7 Å². The predicted molar refractivity (Wildman–Crippen MR) is 86.1 cm³/mol. The molecule has 1 aromatic rings. The second kappa shape index (κ2) is 6.54. The topological polar surface area (TPSA) is 55.6 Å². The average Bonchev–Trinajstić information content (AvgIpc) is 2.46. The van der Waals surface area contributed by atoms with Crippen molar-refractivity contribution in [3.05, 3.63) is 28.2 Å². The molecule has 108 valence electrons. The van der Waals surface area contributed by atoms with Gasteiger partial charge in [-0.15, -0.1) is 0 Å². The molecule has 0 bridgehead atoms. The lowest BCUT2D eigenvalue weighted by Crippen LogP contribution is -2.41. The van der Waals surface area contributed by atoms with Gasteiger partial charge in [0.1, 0.15) is 5.75 Å². The summed E-state index contributed by atoms with van der Waals surface area (Å²) in [6.07, 6.45) is 1.69. The Labute approximate surface area is 132 Å². The Hall–Kier alpha value is -1.14. The smallest absolute Gasteiger partial charge is 0.253 e. The molecular formula is C14H17BrN2O2S. The highest BCUT2D eigenvalue weighted by Crippen LogP contribution is 2.27. The summed E-state index contributed by atoms with van der Waals surface area (Å²) >= 11 is 8.41. The quantitative estimate of drug-likeness (QED) is 0.845. The van der Waals surface area contributed by atoms with E-state index >= 15 is 0 Å². The summed E-state index contributed by atoms with van der Waals surface area (Å²) in [5, 5.41) is 0. The van der Waals surface area contributed by atoms with Crippen LogP contribution in [-0.2, 0) is 0 Å². The molecule has 1 aromatic carbocycles. The number of carbonyl (C=O) groups excluding carboxylic acids is 1. The standard InChI is InChI=1S/C14H17BrN2O2S/c1-19-12-3-2-10(8-11(12)15)14(18)17-6-4-9(5-7-17)13(16)20/h2-3,8-9H,4-7H2,1H3,(H2,16,20). The van der Waals surface area contributed by atoms with Crippen LogP contribution in [-0.4, -0.2) is 36.0 Å². The molecule has 1 fully saturated rings. The minimum Gasteiger partial charge on any atom is -0.496 e. The number of nitrogens with zero attached hydrogens (tertiary/aromatic N) is 1. The normalized spacial score (nSPS) is 16.0. The summed E-state index contributed by atoms with van der Waals surface area (Å²) in [7, 11) is 1.60. The molecule has 4 nitrogen and oxygen atoms in total. The number of halogens is 1. The number of methoxy groups -OCH3 is 1. The van der Waals surface area contributed by atoms with Gasteiger partial charge in [-0.2, -0.15) is 0 Å². The second-order valence-electron chi connectivity index (χ2n) is 4.82. The lowest BCUT2D eigenvalue weighted by Gasteiger charge is -2.31. The van der Waals surface area contributed by atoms with E-state index in [1.54, 1.807) is 25.3 Å².